The SMILES string of the molecule is C[C@H](NC(=O)[C@@H]1CCC(=O)N1)C(=O)N[C@@H](CCCCN)C(=O)N[C@@H](CO)C(=O)N[C@@H](CCC(N)=O)C(=O)NCC(=O)NCC(=O)N[C@@H](CO)C(=O)N[C@@H](CC(N)=O)C(=O)O.O=C(O)C(F)(F)F. The zero-order valence-electron chi connectivity index (χ0n) is 35.7. The van der Waals surface area contributed by atoms with E-state index in [0.717, 1.165) is 0 Å². The quantitative estimate of drug-likeness (QED) is 0.0324. The summed E-state index contributed by atoms with van der Waals surface area (Å²) in [5.74, 6) is -14.4. The van der Waals surface area contributed by atoms with Crippen LogP contribution < -0.4 is 65.1 Å². The Morgan fingerprint density at radius 3 is 1.64 bits per heavy atom. The molecule has 1 rings (SSSR count). The van der Waals surface area contributed by atoms with Crippen LogP contribution in [-0.4, -0.2) is 179 Å². The van der Waals surface area contributed by atoms with Crippen LogP contribution in [0.15, 0.2) is 0 Å². The second kappa shape index (κ2) is 30.1. The first-order valence-corrected chi connectivity index (χ1v) is 19.8. The van der Waals surface area contributed by atoms with E-state index in [-0.39, 0.29) is 31.7 Å². The lowest BCUT2D eigenvalue weighted by Gasteiger charge is -2.25. The van der Waals surface area contributed by atoms with Crippen LogP contribution in [0.3, 0.4) is 0 Å². The van der Waals surface area contributed by atoms with Gasteiger partial charge >= 0.3 is 18.1 Å². The Morgan fingerprint density at radius 2 is 1.16 bits per heavy atom. The average Bonchev–Trinajstić information content (AvgIpc) is 3.69. The number of halogens is 3. The van der Waals surface area contributed by atoms with Crippen LogP contribution in [0.2, 0.25) is 0 Å². The molecular weight excluding hydrogens is 917 g/mol. The van der Waals surface area contributed by atoms with E-state index in [9.17, 15) is 80.9 Å². The Morgan fingerprint density at radius 1 is 0.672 bits per heavy atom. The Hall–Kier alpha value is -7.22. The van der Waals surface area contributed by atoms with Crippen LogP contribution >= 0.6 is 0 Å². The van der Waals surface area contributed by atoms with E-state index < -0.39 is 165 Å². The van der Waals surface area contributed by atoms with E-state index in [4.69, 9.17) is 32.2 Å². The zero-order chi connectivity index (χ0) is 51.6. The fourth-order valence-corrected chi connectivity index (χ4v) is 5.19. The highest BCUT2D eigenvalue weighted by Crippen LogP contribution is 2.13. The number of carboxylic acid groups (broad SMARTS) is 2. The standard InChI is InChI=1S/C33H54N12O15.C2HF3O2/c1-15(39-29(55)18-6-8-24(50)40-18)27(53)42-16(4-2-3-9-34)30(56)45-21(14-47)32(58)43-17(5-7-22(35)48)28(54)38-11-25(51)37-12-26(52)41-20(13-46)31(57)44-19(33(59)60)10-23(36)49;3-2(4,5)1(6)7/h15-21,46-47H,2-14,34H2,1H3,(H2,35,48)(H2,36,49)(H,37,51)(H,38,54)(H,39,55)(H,40,50)(H,41,52)(H,42,53)(H,43,58)(H,44,57)(H,45,56)(H,59,60);(H,6,7)/t15-,16-,17-,18-,19-,20-,21-;/m0./s1. The summed E-state index contributed by atoms with van der Waals surface area (Å²) in [5, 5.41) is 55.8. The Kier molecular flexibility index (Phi) is 26.8. The molecule has 32 heteroatoms. The number of amides is 11. The molecule has 0 radical (unpaired) electrons. The average molecular weight is 973 g/mol. The van der Waals surface area contributed by atoms with Crippen molar-refractivity contribution in [3.8, 4) is 0 Å². The van der Waals surface area contributed by atoms with E-state index in [1.54, 1.807) is 0 Å². The van der Waals surface area contributed by atoms with Gasteiger partial charge in [-0.25, -0.2) is 9.59 Å². The number of unbranched alkanes of at least 4 members (excludes halogenated alkanes) is 1. The number of nitrogens with one attached hydrogen (secondary N) is 9. The number of rotatable bonds is 28. The van der Waals surface area contributed by atoms with Crippen molar-refractivity contribution >= 4 is 76.9 Å². The van der Waals surface area contributed by atoms with E-state index in [0.29, 0.717) is 12.8 Å². The molecule has 0 aromatic carbocycles. The molecule has 1 heterocycles. The Labute approximate surface area is 377 Å². The minimum absolute atomic E-state index is 0.0181. The first-order valence-electron chi connectivity index (χ1n) is 19.8. The van der Waals surface area contributed by atoms with Crippen LogP contribution in [0.4, 0.5) is 13.2 Å². The van der Waals surface area contributed by atoms with E-state index in [2.05, 4.69) is 37.2 Å². The van der Waals surface area contributed by atoms with Gasteiger partial charge in [0, 0.05) is 12.8 Å². The van der Waals surface area contributed by atoms with Gasteiger partial charge in [0.1, 0.15) is 42.3 Å². The zero-order valence-corrected chi connectivity index (χ0v) is 35.7. The third-order valence-electron chi connectivity index (χ3n) is 8.74. The number of carboxylic acids is 2. The molecule has 0 aliphatic carbocycles. The fourth-order valence-electron chi connectivity index (χ4n) is 5.19. The van der Waals surface area contributed by atoms with Gasteiger partial charge in [0.25, 0.3) is 0 Å². The van der Waals surface area contributed by atoms with Crippen molar-refractivity contribution in [1.29, 1.82) is 0 Å². The van der Waals surface area contributed by atoms with Gasteiger partial charge < -0.3 is 85.5 Å². The molecule has 1 saturated heterocycles. The number of nitrogens with two attached hydrogens (primary N) is 3. The molecule has 11 amide bonds. The normalized spacial score (nSPS) is 15.6. The van der Waals surface area contributed by atoms with Crippen molar-refractivity contribution in [2.75, 3.05) is 32.8 Å². The predicted molar refractivity (Wildman–Crippen MR) is 215 cm³/mol. The predicted octanol–water partition coefficient (Wildman–Crippen LogP) is -8.60. The van der Waals surface area contributed by atoms with E-state index in [1.165, 1.54) is 6.92 Å². The number of alkyl halides is 3. The molecule has 0 bridgehead atoms. The molecule has 378 valence electrons. The molecular formula is C35H55F3N12O17. The van der Waals surface area contributed by atoms with Crippen molar-refractivity contribution in [3.63, 3.8) is 0 Å². The lowest BCUT2D eigenvalue weighted by molar-refractivity contribution is -0.192. The van der Waals surface area contributed by atoms with Gasteiger partial charge in [0.05, 0.1) is 32.7 Å². The number of hydrogen-bond acceptors (Lipinski definition) is 16. The highest BCUT2D eigenvalue weighted by Gasteiger charge is 2.38. The van der Waals surface area contributed by atoms with Crippen molar-refractivity contribution in [3.05, 3.63) is 0 Å². The van der Waals surface area contributed by atoms with E-state index in [1.807, 2.05) is 10.6 Å². The van der Waals surface area contributed by atoms with Gasteiger partial charge in [0.2, 0.25) is 65.0 Å². The molecule has 1 aliphatic rings. The number of carbonyl (C=O) groups excluding carboxylic acids is 11. The number of aliphatic carboxylic acids is 2. The van der Waals surface area contributed by atoms with Crippen LogP contribution in [0.25, 0.3) is 0 Å². The van der Waals surface area contributed by atoms with Crippen molar-refractivity contribution < 1.29 is 95.9 Å². The van der Waals surface area contributed by atoms with E-state index >= 15 is 0 Å². The molecule has 0 aromatic rings. The summed E-state index contributed by atoms with van der Waals surface area (Å²) in [6.45, 7) is -2.06. The first-order chi connectivity index (χ1) is 31.2. The minimum Gasteiger partial charge on any atom is -0.480 e. The summed E-state index contributed by atoms with van der Waals surface area (Å²) < 4.78 is 31.7. The summed E-state index contributed by atoms with van der Waals surface area (Å²) >= 11 is 0. The summed E-state index contributed by atoms with van der Waals surface area (Å²) in [6.07, 6.45) is -5.56. The van der Waals surface area contributed by atoms with Crippen LogP contribution in [0, 0.1) is 0 Å². The second-order valence-corrected chi connectivity index (χ2v) is 14.2. The van der Waals surface area contributed by atoms with Gasteiger partial charge in [-0.15, -0.1) is 0 Å². The Balaban J connectivity index is 0.00000572. The topological polar surface area (TPSA) is 489 Å². The number of primary amides is 2. The third-order valence-corrected chi connectivity index (χ3v) is 8.74. The summed E-state index contributed by atoms with van der Waals surface area (Å²) in [5.41, 5.74) is 15.7. The molecule has 0 aromatic heterocycles. The second-order valence-electron chi connectivity index (χ2n) is 14.2. The monoisotopic (exact) mass is 972 g/mol. The van der Waals surface area contributed by atoms with Crippen molar-refractivity contribution in [1.82, 2.24) is 47.9 Å². The molecule has 29 nitrogen and oxygen atoms in total. The molecule has 0 spiro atoms. The van der Waals surface area contributed by atoms with Crippen LogP contribution in [0.5, 0.6) is 0 Å². The number of aliphatic hydroxyl groups excluding tert-OH is 2. The summed E-state index contributed by atoms with van der Waals surface area (Å²) in [7, 11) is 0. The largest absolute Gasteiger partial charge is 0.490 e. The molecule has 0 saturated carbocycles. The van der Waals surface area contributed by atoms with Gasteiger partial charge in [-0.1, -0.05) is 0 Å². The molecule has 7 atom stereocenters. The fraction of sp³-hybridized carbons (Fsp3) is 0.629. The number of aliphatic hydroxyl groups is 2. The molecule has 1 aliphatic heterocycles. The molecule has 0 unspecified atom stereocenters. The first kappa shape index (κ1) is 59.8. The third kappa shape index (κ3) is 24.6. The highest BCUT2D eigenvalue weighted by molar-refractivity contribution is 5.98. The molecule has 19 N–H and O–H groups in total. The minimum atomic E-state index is -5.08. The Bertz CT molecular complexity index is 1820. The van der Waals surface area contributed by atoms with Crippen LogP contribution in [0.1, 0.15) is 58.3 Å². The number of hydrogen-bond donors (Lipinski definition) is 16. The van der Waals surface area contributed by atoms with Gasteiger partial charge in [-0.2, -0.15) is 13.2 Å². The maximum Gasteiger partial charge on any atom is 0.490 e. The van der Waals surface area contributed by atoms with Crippen molar-refractivity contribution in [2.24, 2.45) is 17.2 Å². The van der Waals surface area contributed by atoms with Gasteiger partial charge in [0.15, 0.2) is 0 Å². The maximum atomic E-state index is 13.3. The van der Waals surface area contributed by atoms with Crippen LogP contribution in [-0.2, 0) is 62.3 Å². The summed E-state index contributed by atoms with van der Waals surface area (Å²) in [6, 6.07) is -10.0. The maximum absolute atomic E-state index is 13.3. The van der Waals surface area contributed by atoms with Gasteiger partial charge in [-0.3, -0.25) is 52.7 Å². The smallest absolute Gasteiger partial charge is 0.480 e. The lowest BCUT2D eigenvalue weighted by Crippen LogP contribution is -2.59. The van der Waals surface area contributed by atoms with Gasteiger partial charge in [-0.05, 0) is 45.6 Å². The summed E-state index contributed by atoms with van der Waals surface area (Å²) in [4.78, 5) is 156. The number of carbonyl (C=O) groups is 13. The molecule has 1 fully saturated rings. The molecule has 67 heavy (non-hydrogen) atoms. The van der Waals surface area contributed by atoms with Crippen molar-refractivity contribution in [2.45, 2.75) is 107 Å². The lowest BCUT2D eigenvalue weighted by atomic mass is 10.1. The highest BCUT2D eigenvalue weighted by atomic mass is 19.4.